The number of hydrogen-bond donors (Lipinski definition) is 0. The lowest BCUT2D eigenvalue weighted by Crippen LogP contribution is -2.25. The molecule has 0 aliphatic carbocycles. The second-order valence-corrected chi connectivity index (χ2v) is 7.06. The summed E-state index contributed by atoms with van der Waals surface area (Å²) in [6, 6.07) is 23.9. The molecule has 2 heterocycles. The van der Waals surface area contributed by atoms with E-state index in [1.54, 1.807) is 0 Å². The first-order valence-corrected chi connectivity index (χ1v) is 8.79. The summed E-state index contributed by atoms with van der Waals surface area (Å²) in [7, 11) is 0. The van der Waals surface area contributed by atoms with E-state index in [2.05, 4.69) is 71.6 Å². The zero-order valence-corrected chi connectivity index (χ0v) is 14.9. The summed E-state index contributed by atoms with van der Waals surface area (Å²) in [5, 5.41) is 2.69. The number of ether oxygens (including phenoxy) is 1. The molecule has 128 valence electrons. The van der Waals surface area contributed by atoms with Crippen LogP contribution in [-0.2, 0) is 6.54 Å². The third-order valence-corrected chi connectivity index (χ3v) is 5.52. The second kappa shape index (κ2) is 6.70. The van der Waals surface area contributed by atoms with Crippen molar-refractivity contribution in [1.29, 1.82) is 0 Å². The fourth-order valence-corrected chi connectivity index (χ4v) is 4.41. The summed E-state index contributed by atoms with van der Waals surface area (Å²) in [6.45, 7) is 4.14. The van der Waals surface area contributed by atoms with Crippen molar-refractivity contribution in [1.82, 2.24) is 4.90 Å². The molecule has 0 amide bonds. The van der Waals surface area contributed by atoms with Gasteiger partial charge in [-0.3, -0.25) is 4.90 Å². The molecule has 3 heteroatoms. The summed E-state index contributed by atoms with van der Waals surface area (Å²) in [5.74, 6) is 2.28. The minimum absolute atomic E-state index is 0. The molecule has 0 saturated carbocycles. The van der Waals surface area contributed by atoms with Crippen LogP contribution in [0.15, 0.2) is 66.7 Å². The molecule has 2 aliphatic rings. The molecule has 0 bridgehead atoms. The molecule has 3 aromatic carbocycles. The first-order chi connectivity index (χ1) is 11.9. The number of benzene rings is 3. The number of halogens is 1. The van der Waals surface area contributed by atoms with Crippen LogP contribution in [0.25, 0.3) is 10.8 Å². The minimum atomic E-state index is 0. The number of hydrogen-bond acceptors (Lipinski definition) is 2. The van der Waals surface area contributed by atoms with Crippen LogP contribution in [0.4, 0.5) is 0 Å². The molecule has 3 aromatic rings. The van der Waals surface area contributed by atoms with Gasteiger partial charge in [0, 0.05) is 37.0 Å². The Kier molecular flexibility index (Phi) is 4.41. The Labute approximate surface area is 154 Å². The molecule has 1 fully saturated rings. The van der Waals surface area contributed by atoms with Crippen molar-refractivity contribution in [3.8, 4) is 5.75 Å². The molecule has 0 radical (unpaired) electrons. The molecule has 0 aromatic heterocycles. The Balaban J connectivity index is 0.00000157. The van der Waals surface area contributed by atoms with Gasteiger partial charge < -0.3 is 4.74 Å². The average molecular weight is 352 g/mol. The lowest BCUT2D eigenvalue weighted by molar-refractivity contribution is 0.213. The topological polar surface area (TPSA) is 12.5 Å². The molecule has 0 spiro atoms. The normalized spacial score (nSPS) is 21.9. The van der Waals surface area contributed by atoms with Gasteiger partial charge >= 0.3 is 0 Å². The molecule has 2 aliphatic heterocycles. The molecule has 2 atom stereocenters. The van der Waals surface area contributed by atoms with Crippen molar-refractivity contribution in [3.05, 3.63) is 77.9 Å². The van der Waals surface area contributed by atoms with E-state index >= 15 is 0 Å². The largest absolute Gasteiger partial charge is 0.493 e. The highest BCUT2D eigenvalue weighted by Crippen LogP contribution is 2.45. The summed E-state index contributed by atoms with van der Waals surface area (Å²) in [6.07, 6.45) is 0. The Morgan fingerprint density at radius 1 is 0.880 bits per heavy atom. The van der Waals surface area contributed by atoms with E-state index in [9.17, 15) is 0 Å². The highest BCUT2D eigenvalue weighted by Gasteiger charge is 2.39. The third kappa shape index (κ3) is 2.90. The molecule has 2 nitrogen and oxygen atoms in total. The fourth-order valence-electron chi connectivity index (χ4n) is 4.41. The predicted molar refractivity (Wildman–Crippen MR) is 105 cm³/mol. The van der Waals surface area contributed by atoms with Crippen LogP contribution in [0, 0.1) is 5.92 Å². The van der Waals surface area contributed by atoms with Crippen molar-refractivity contribution in [2.75, 3.05) is 19.7 Å². The van der Waals surface area contributed by atoms with E-state index in [1.165, 1.54) is 21.9 Å². The van der Waals surface area contributed by atoms with Gasteiger partial charge in [-0.15, -0.1) is 12.4 Å². The average Bonchev–Trinajstić information content (AvgIpc) is 3.04. The number of fused-ring (bicyclic) bond motifs is 5. The quantitative estimate of drug-likeness (QED) is 0.653. The maximum absolute atomic E-state index is 6.12. The Bertz CT molecular complexity index is 880. The molecule has 25 heavy (non-hydrogen) atoms. The highest BCUT2D eigenvalue weighted by molar-refractivity contribution is 5.88. The molecular weight excluding hydrogens is 330 g/mol. The summed E-state index contributed by atoms with van der Waals surface area (Å²) in [4.78, 5) is 2.59. The van der Waals surface area contributed by atoms with Gasteiger partial charge in [0.1, 0.15) is 5.75 Å². The lowest BCUT2D eigenvalue weighted by atomic mass is 9.84. The molecule has 0 N–H and O–H groups in total. The molecule has 5 rings (SSSR count). The van der Waals surface area contributed by atoms with Gasteiger partial charge in [0.15, 0.2) is 0 Å². The third-order valence-electron chi connectivity index (χ3n) is 5.52. The molecular formula is C22H22ClNO. The summed E-state index contributed by atoms with van der Waals surface area (Å²) < 4.78 is 6.12. The maximum Gasteiger partial charge on any atom is 0.123 e. The van der Waals surface area contributed by atoms with Crippen molar-refractivity contribution < 1.29 is 4.74 Å². The molecule has 0 unspecified atom stereocenters. The number of likely N-dealkylation sites (tertiary alicyclic amines) is 1. The monoisotopic (exact) mass is 351 g/mol. The lowest BCUT2D eigenvalue weighted by Gasteiger charge is -2.29. The van der Waals surface area contributed by atoms with Crippen LogP contribution < -0.4 is 4.74 Å². The SMILES string of the molecule is Cl.c1ccc(CN2C[C@@H]3COc4ccc5ccccc5c4[C@@H]3C2)cc1. The van der Waals surface area contributed by atoms with Crippen LogP contribution in [0.1, 0.15) is 17.0 Å². The minimum Gasteiger partial charge on any atom is -0.493 e. The first-order valence-electron chi connectivity index (χ1n) is 8.79. The van der Waals surface area contributed by atoms with Crippen molar-refractivity contribution in [2.24, 2.45) is 5.92 Å². The highest BCUT2D eigenvalue weighted by atomic mass is 35.5. The standard InChI is InChI=1S/C22H21NO.ClH/c1-2-6-16(7-3-1)12-23-13-18-15-24-21-11-10-17-8-4-5-9-19(17)22(21)20(18)14-23;/h1-11,18,20H,12-15H2;1H/t18-,20-;/m1./s1. The van der Waals surface area contributed by atoms with E-state index in [1.807, 2.05) is 0 Å². The predicted octanol–water partition coefficient (Wildman–Crippen LogP) is 4.87. The van der Waals surface area contributed by atoms with Gasteiger partial charge in [-0.05, 0) is 22.4 Å². The zero-order valence-electron chi connectivity index (χ0n) is 14.1. The summed E-state index contributed by atoms with van der Waals surface area (Å²) >= 11 is 0. The van der Waals surface area contributed by atoms with Crippen molar-refractivity contribution >= 4 is 23.2 Å². The number of rotatable bonds is 2. The van der Waals surface area contributed by atoms with Crippen LogP contribution in [0.5, 0.6) is 5.75 Å². The van der Waals surface area contributed by atoms with Gasteiger partial charge in [-0.1, -0.05) is 60.7 Å². The van der Waals surface area contributed by atoms with E-state index in [0.29, 0.717) is 11.8 Å². The number of nitrogens with zero attached hydrogens (tertiary/aromatic N) is 1. The second-order valence-electron chi connectivity index (χ2n) is 7.06. The Morgan fingerprint density at radius 3 is 2.56 bits per heavy atom. The Morgan fingerprint density at radius 2 is 1.68 bits per heavy atom. The van der Waals surface area contributed by atoms with Crippen LogP contribution >= 0.6 is 12.4 Å². The van der Waals surface area contributed by atoms with Gasteiger partial charge in [0.05, 0.1) is 6.61 Å². The van der Waals surface area contributed by atoms with Gasteiger partial charge in [0.2, 0.25) is 0 Å². The van der Waals surface area contributed by atoms with Gasteiger partial charge in [0.25, 0.3) is 0 Å². The summed E-state index contributed by atoms with van der Waals surface area (Å²) in [5.41, 5.74) is 2.83. The van der Waals surface area contributed by atoms with E-state index in [-0.39, 0.29) is 12.4 Å². The van der Waals surface area contributed by atoms with E-state index in [0.717, 1.165) is 32.0 Å². The van der Waals surface area contributed by atoms with E-state index in [4.69, 9.17) is 4.74 Å². The van der Waals surface area contributed by atoms with Gasteiger partial charge in [-0.25, -0.2) is 0 Å². The molecule has 1 saturated heterocycles. The van der Waals surface area contributed by atoms with E-state index < -0.39 is 0 Å². The smallest absolute Gasteiger partial charge is 0.123 e. The van der Waals surface area contributed by atoms with Crippen LogP contribution in [0.3, 0.4) is 0 Å². The zero-order chi connectivity index (χ0) is 15.9. The van der Waals surface area contributed by atoms with Crippen LogP contribution in [-0.4, -0.2) is 24.6 Å². The maximum atomic E-state index is 6.12. The van der Waals surface area contributed by atoms with Gasteiger partial charge in [-0.2, -0.15) is 0 Å². The van der Waals surface area contributed by atoms with Crippen molar-refractivity contribution in [3.63, 3.8) is 0 Å². The van der Waals surface area contributed by atoms with Crippen molar-refractivity contribution in [2.45, 2.75) is 12.5 Å². The Hall–Kier alpha value is -2.03. The fraction of sp³-hybridized carbons (Fsp3) is 0.273. The van der Waals surface area contributed by atoms with Crippen LogP contribution in [0.2, 0.25) is 0 Å². The first kappa shape index (κ1) is 16.4.